The predicted molar refractivity (Wildman–Crippen MR) is 90.5 cm³/mol. The molecule has 0 radical (unpaired) electrons. The number of hydrogen-bond donors (Lipinski definition) is 2. The summed E-state index contributed by atoms with van der Waals surface area (Å²) in [6.45, 7) is 7.21. The van der Waals surface area contributed by atoms with Crippen LogP contribution in [-0.2, 0) is 7.05 Å². The minimum absolute atomic E-state index is 0.0955. The van der Waals surface area contributed by atoms with Gasteiger partial charge in [-0.3, -0.25) is 14.4 Å². The van der Waals surface area contributed by atoms with Crippen molar-refractivity contribution in [3.63, 3.8) is 0 Å². The number of amides is 1. The van der Waals surface area contributed by atoms with E-state index in [-0.39, 0.29) is 12.5 Å². The Morgan fingerprint density at radius 3 is 2.91 bits per heavy atom. The number of carbonyl (C=O) groups excluding carboxylic acids is 1. The molecule has 6 nitrogen and oxygen atoms in total. The zero-order chi connectivity index (χ0) is 16.8. The van der Waals surface area contributed by atoms with E-state index in [0.29, 0.717) is 24.2 Å². The van der Waals surface area contributed by atoms with E-state index in [4.69, 9.17) is 0 Å². The molecule has 0 aliphatic carbocycles. The number of carbonyl (C=O) groups is 1. The van der Waals surface area contributed by atoms with E-state index in [1.165, 1.54) is 6.42 Å². The maximum absolute atomic E-state index is 12.1. The topological polar surface area (TPSA) is 70.4 Å². The van der Waals surface area contributed by atoms with Gasteiger partial charge in [-0.25, -0.2) is 0 Å². The molecular weight excluding hydrogens is 292 g/mol. The van der Waals surface area contributed by atoms with Crippen LogP contribution in [0.15, 0.2) is 6.07 Å². The normalized spacial score (nSPS) is 18.7. The van der Waals surface area contributed by atoms with Crippen LogP contribution in [0.1, 0.15) is 61.6 Å². The Morgan fingerprint density at radius 2 is 2.26 bits per heavy atom. The molecule has 1 fully saturated rings. The van der Waals surface area contributed by atoms with Crippen molar-refractivity contribution in [2.75, 3.05) is 26.2 Å². The monoisotopic (exact) mass is 322 g/mol. The lowest BCUT2D eigenvalue weighted by Gasteiger charge is -2.22. The molecule has 1 aromatic heterocycles. The zero-order valence-corrected chi connectivity index (χ0v) is 14.6. The van der Waals surface area contributed by atoms with Crippen molar-refractivity contribution < 1.29 is 9.90 Å². The molecule has 0 aromatic carbocycles. The number of nitrogens with one attached hydrogen (secondary N) is 1. The van der Waals surface area contributed by atoms with Gasteiger partial charge < -0.3 is 10.4 Å². The number of aliphatic hydroxyl groups is 1. The van der Waals surface area contributed by atoms with Gasteiger partial charge in [-0.2, -0.15) is 5.10 Å². The molecule has 1 unspecified atom stereocenters. The van der Waals surface area contributed by atoms with E-state index < -0.39 is 0 Å². The number of aryl methyl sites for hydroxylation is 1. The molecule has 2 rings (SSSR count). The summed E-state index contributed by atoms with van der Waals surface area (Å²) < 4.78 is 1.78. The molecule has 1 amide bonds. The summed E-state index contributed by atoms with van der Waals surface area (Å²) in [5.41, 5.74) is 1.57. The van der Waals surface area contributed by atoms with Gasteiger partial charge in [0.25, 0.3) is 5.91 Å². The highest BCUT2D eigenvalue weighted by molar-refractivity contribution is 5.92. The van der Waals surface area contributed by atoms with Crippen LogP contribution in [0.25, 0.3) is 0 Å². The summed E-state index contributed by atoms with van der Waals surface area (Å²) >= 11 is 0. The van der Waals surface area contributed by atoms with Crippen LogP contribution >= 0.6 is 0 Å². The molecule has 23 heavy (non-hydrogen) atoms. The number of rotatable bonds is 8. The highest BCUT2D eigenvalue weighted by atomic mass is 16.3. The van der Waals surface area contributed by atoms with Crippen LogP contribution in [0.5, 0.6) is 0 Å². The molecule has 0 saturated carbocycles. The average Bonchev–Trinajstić information content (AvgIpc) is 3.12. The molecule has 6 heteroatoms. The lowest BCUT2D eigenvalue weighted by atomic mass is 10.1. The van der Waals surface area contributed by atoms with E-state index in [2.05, 4.69) is 29.2 Å². The number of aliphatic hydroxyl groups excluding tert-OH is 1. The molecule has 2 N–H and O–H groups in total. The lowest BCUT2D eigenvalue weighted by molar-refractivity contribution is 0.0946. The maximum atomic E-state index is 12.1. The van der Waals surface area contributed by atoms with Crippen molar-refractivity contribution in [2.24, 2.45) is 7.05 Å². The third-order valence-corrected chi connectivity index (χ3v) is 4.61. The highest BCUT2D eigenvalue weighted by Crippen LogP contribution is 2.17. The SMILES string of the molecule is CC(C)c1cc(C(=O)NCCCCN2CCCC2CO)nn1C. The number of hydrogen-bond acceptors (Lipinski definition) is 4. The summed E-state index contributed by atoms with van der Waals surface area (Å²) in [5.74, 6) is 0.260. The maximum Gasteiger partial charge on any atom is 0.271 e. The van der Waals surface area contributed by atoms with Gasteiger partial charge in [-0.05, 0) is 50.8 Å². The Hall–Kier alpha value is -1.40. The van der Waals surface area contributed by atoms with E-state index in [9.17, 15) is 9.90 Å². The van der Waals surface area contributed by atoms with Crippen LogP contribution in [0.3, 0.4) is 0 Å². The fraction of sp³-hybridized carbons (Fsp3) is 0.765. The molecule has 1 saturated heterocycles. The van der Waals surface area contributed by atoms with Crippen LogP contribution in [-0.4, -0.2) is 58.0 Å². The van der Waals surface area contributed by atoms with Crippen molar-refractivity contribution >= 4 is 5.91 Å². The molecule has 1 atom stereocenters. The van der Waals surface area contributed by atoms with Gasteiger partial charge in [0.2, 0.25) is 0 Å². The Morgan fingerprint density at radius 1 is 1.48 bits per heavy atom. The lowest BCUT2D eigenvalue weighted by Crippen LogP contribution is -2.33. The Balaban J connectivity index is 1.68. The smallest absolute Gasteiger partial charge is 0.271 e. The molecule has 2 heterocycles. The zero-order valence-electron chi connectivity index (χ0n) is 14.6. The summed E-state index contributed by atoms with van der Waals surface area (Å²) in [6.07, 6.45) is 4.27. The summed E-state index contributed by atoms with van der Waals surface area (Å²) in [5, 5.41) is 16.5. The molecule has 0 spiro atoms. The number of aromatic nitrogens is 2. The van der Waals surface area contributed by atoms with Crippen LogP contribution in [0.4, 0.5) is 0 Å². The van der Waals surface area contributed by atoms with Crippen molar-refractivity contribution in [3.8, 4) is 0 Å². The van der Waals surface area contributed by atoms with Gasteiger partial charge in [-0.1, -0.05) is 13.8 Å². The minimum Gasteiger partial charge on any atom is -0.395 e. The first kappa shape index (κ1) is 17.9. The molecule has 1 aliphatic heterocycles. The van der Waals surface area contributed by atoms with Gasteiger partial charge in [-0.15, -0.1) is 0 Å². The minimum atomic E-state index is -0.0955. The first-order valence-electron chi connectivity index (χ1n) is 8.70. The molecule has 0 bridgehead atoms. The fourth-order valence-corrected chi connectivity index (χ4v) is 3.26. The second-order valence-corrected chi connectivity index (χ2v) is 6.71. The van der Waals surface area contributed by atoms with Crippen molar-refractivity contribution in [3.05, 3.63) is 17.5 Å². The Kier molecular flexibility index (Phi) is 6.59. The van der Waals surface area contributed by atoms with Crippen molar-refractivity contribution in [2.45, 2.75) is 51.5 Å². The van der Waals surface area contributed by atoms with Gasteiger partial charge >= 0.3 is 0 Å². The summed E-state index contributed by atoms with van der Waals surface area (Å²) in [7, 11) is 1.87. The molecular formula is C17H30N4O2. The number of unbranched alkanes of at least 4 members (excludes halogenated alkanes) is 1. The summed E-state index contributed by atoms with van der Waals surface area (Å²) in [6, 6.07) is 2.21. The molecule has 1 aliphatic rings. The van der Waals surface area contributed by atoms with Gasteiger partial charge in [0.1, 0.15) is 5.69 Å². The van der Waals surface area contributed by atoms with Crippen LogP contribution in [0.2, 0.25) is 0 Å². The first-order chi connectivity index (χ1) is 11.0. The molecule has 130 valence electrons. The third-order valence-electron chi connectivity index (χ3n) is 4.61. The van der Waals surface area contributed by atoms with Gasteiger partial charge in [0.05, 0.1) is 6.61 Å². The fourth-order valence-electron chi connectivity index (χ4n) is 3.26. The second-order valence-electron chi connectivity index (χ2n) is 6.71. The first-order valence-corrected chi connectivity index (χ1v) is 8.70. The van der Waals surface area contributed by atoms with Crippen LogP contribution < -0.4 is 5.32 Å². The highest BCUT2D eigenvalue weighted by Gasteiger charge is 2.22. The average molecular weight is 322 g/mol. The standard InChI is InChI=1S/C17H30N4O2/c1-13(2)16-11-15(19-20(16)3)17(23)18-8-4-5-9-21-10-6-7-14(21)12-22/h11,13-14,22H,4-10,12H2,1-3H3,(H,18,23). The van der Waals surface area contributed by atoms with Gasteiger partial charge in [0.15, 0.2) is 0 Å². The van der Waals surface area contributed by atoms with E-state index in [1.807, 2.05) is 13.1 Å². The Bertz CT molecular complexity index is 513. The second kappa shape index (κ2) is 8.45. The van der Waals surface area contributed by atoms with Crippen molar-refractivity contribution in [1.29, 1.82) is 0 Å². The number of likely N-dealkylation sites (tertiary alicyclic amines) is 1. The Labute approximate surface area is 138 Å². The molecule has 1 aromatic rings. The van der Waals surface area contributed by atoms with Gasteiger partial charge in [0, 0.05) is 25.3 Å². The third kappa shape index (κ3) is 4.78. The van der Waals surface area contributed by atoms with Crippen LogP contribution in [0, 0.1) is 0 Å². The predicted octanol–water partition coefficient (Wildman–Crippen LogP) is 1.51. The largest absolute Gasteiger partial charge is 0.395 e. The van der Waals surface area contributed by atoms with Crippen molar-refractivity contribution in [1.82, 2.24) is 20.0 Å². The summed E-state index contributed by atoms with van der Waals surface area (Å²) in [4.78, 5) is 14.5. The number of nitrogens with zero attached hydrogens (tertiary/aromatic N) is 3. The quantitative estimate of drug-likeness (QED) is 0.712. The van der Waals surface area contributed by atoms with E-state index in [0.717, 1.165) is 38.0 Å². The van der Waals surface area contributed by atoms with E-state index >= 15 is 0 Å². The van der Waals surface area contributed by atoms with E-state index in [1.54, 1.807) is 4.68 Å².